The largest absolute Gasteiger partial charge is 0.478 e. The highest BCUT2D eigenvalue weighted by Crippen LogP contribution is 2.57. The molecule has 1 aromatic carbocycles. The van der Waals surface area contributed by atoms with E-state index in [4.69, 9.17) is 5.11 Å². The number of carboxylic acid groups (broad SMARTS) is 1. The third-order valence-electron chi connectivity index (χ3n) is 3.14. The number of nitrogens with one attached hydrogen (secondary N) is 1. The van der Waals surface area contributed by atoms with Gasteiger partial charge in [-0.1, -0.05) is 37.9 Å². The smallest absolute Gasteiger partial charge is 0.336 e. The predicted molar refractivity (Wildman–Crippen MR) is 80.1 cm³/mol. The molecule has 102 valence electrons. The second kappa shape index (κ2) is 5.25. The highest BCUT2D eigenvalue weighted by atomic mass is 79.9. The summed E-state index contributed by atoms with van der Waals surface area (Å²) >= 11 is 6.93. The summed E-state index contributed by atoms with van der Waals surface area (Å²) in [5, 5.41) is 11.8. The highest BCUT2D eigenvalue weighted by molar-refractivity contribution is 9.25. The molecule has 1 aromatic rings. The van der Waals surface area contributed by atoms with Gasteiger partial charge in [-0.3, -0.25) is 4.79 Å². The minimum atomic E-state index is -0.990. The standard InChI is InChI=1S/C13H13Br2NO3/c1-7-2-3-9(5-10(7)12(18)19)16-11(17)4-8-6-13(8,14)15/h2-3,5,8H,4,6H2,1H3,(H,16,17)(H,18,19). The molecule has 19 heavy (non-hydrogen) atoms. The van der Waals surface area contributed by atoms with Crippen molar-refractivity contribution in [1.82, 2.24) is 0 Å². The number of carbonyl (C=O) groups is 2. The molecule has 0 heterocycles. The Morgan fingerprint density at radius 2 is 2.11 bits per heavy atom. The molecule has 1 saturated carbocycles. The van der Waals surface area contributed by atoms with Crippen LogP contribution < -0.4 is 5.32 Å². The Hall–Kier alpha value is -0.880. The lowest BCUT2D eigenvalue weighted by molar-refractivity contribution is -0.116. The Morgan fingerprint density at radius 1 is 1.47 bits per heavy atom. The normalized spacial score (nSPS) is 19.8. The zero-order valence-electron chi connectivity index (χ0n) is 10.2. The molecule has 0 aliphatic heterocycles. The van der Waals surface area contributed by atoms with Gasteiger partial charge in [0.15, 0.2) is 0 Å². The zero-order valence-corrected chi connectivity index (χ0v) is 13.4. The number of hydrogen-bond donors (Lipinski definition) is 2. The van der Waals surface area contributed by atoms with E-state index in [1.807, 2.05) is 0 Å². The van der Waals surface area contributed by atoms with Gasteiger partial charge in [0.1, 0.15) is 0 Å². The van der Waals surface area contributed by atoms with E-state index in [2.05, 4.69) is 37.2 Å². The van der Waals surface area contributed by atoms with Crippen molar-refractivity contribution in [3.05, 3.63) is 29.3 Å². The maximum Gasteiger partial charge on any atom is 0.336 e. The number of carbonyl (C=O) groups excluding carboxylic acids is 1. The van der Waals surface area contributed by atoms with Gasteiger partial charge in [-0.2, -0.15) is 0 Å². The van der Waals surface area contributed by atoms with Crippen molar-refractivity contribution in [1.29, 1.82) is 0 Å². The van der Waals surface area contributed by atoms with E-state index in [0.29, 0.717) is 17.7 Å². The van der Waals surface area contributed by atoms with E-state index in [1.54, 1.807) is 19.1 Å². The van der Waals surface area contributed by atoms with Crippen LogP contribution in [0.3, 0.4) is 0 Å². The average Bonchev–Trinajstić information content (AvgIpc) is 2.88. The predicted octanol–water partition coefficient (Wildman–Crippen LogP) is 3.53. The maximum atomic E-state index is 11.8. The van der Waals surface area contributed by atoms with Gasteiger partial charge in [0.25, 0.3) is 0 Å². The van der Waals surface area contributed by atoms with Crippen LogP contribution in [0.5, 0.6) is 0 Å². The van der Waals surface area contributed by atoms with E-state index in [9.17, 15) is 9.59 Å². The molecule has 2 N–H and O–H groups in total. The minimum absolute atomic E-state index is 0.100. The van der Waals surface area contributed by atoms with Crippen molar-refractivity contribution in [3.8, 4) is 0 Å². The van der Waals surface area contributed by atoms with Gasteiger partial charge in [-0.05, 0) is 37.0 Å². The molecule has 0 radical (unpaired) electrons. The number of amides is 1. The van der Waals surface area contributed by atoms with Crippen LogP contribution in [0.25, 0.3) is 0 Å². The molecule has 0 bridgehead atoms. The topological polar surface area (TPSA) is 66.4 Å². The van der Waals surface area contributed by atoms with Gasteiger partial charge in [0, 0.05) is 12.1 Å². The molecule has 1 amide bonds. The summed E-state index contributed by atoms with van der Waals surface area (Å²) < 4.78 is -0.100. The van der Waals surface area contributed by atoms with Crippen LogP contribution in [0.2, 0.25) is 0 Å². The van der Waals surface area contributed by atoms with E-state index in [0.717, 1.165) is 6.42 Å². The summed E-state index contributed by atoms with van der Waals surface area (Å²) in [6.07, 6.45) is 1.32. The van der Waals surface area contributed by atoms with Crippen LogP contribution in [0.15, 0.2) is 18.2 Å². The molecule has 4 nitrogen and oxygen atoms in total. The minimum Gasteiger partial charge on any atom is -0.478 e. The first-order valence-corrected chi connectivity index (χ1v) is 7.40. The van der Waals surface area contributed by atoms with Crippen molar-refractivity contribution < 1.29 is 14.7 Å². The molecular formula is C13H13Br2NO3. The van der Waals surface area contributed by atoms with Gasteiger partial charge in [-0.25, -0.2) is 4.79 Å². The lowest BCUT2D eigenvalue weighted by Gasteiger charge is -2.08. The average molecular weight is 391 g/mol. The third-order valence-corrected chi connectivity index (χ3v) is 5.08. The summed E-state index contributed by atoms with van der Waals surface area (Å²) in [4.78, 5) is 22.8. The molecule has 6 heteroatoms. The van der Waals surface area contributed by atoms with Crippen molar-refractivity contribution in [2.24, 2.45) is 5.92 Å². The monoisotopic (exact) mass is 389 g/mol. The molecule has 0 aromatic heterocycles. The summed E-state index contributed by atoms with van der Waals surface area (Å²) in [7, 11) is 0. The third kappa shape index (κ3) is 3.57. The quantitative estimate of drug-likeness (QED) is 0.773. The first-order valence-electron chi connectivity index (χ1n) is 5.81. The maximum absolute atomic E-state index is 11.8. The van der Waals surface area contributed by atoms with Crippen LogP contribution in [0.1, 0.15) is 28.8 Å². The molecule has 0 spiro atoms. The van der Waals surface area contributed by atoms with E-state index in [1.165, 1.54) is 6.07 Å². The molecule has 2 rings (SSSR count). The lowest BCUT2D eigenvalue weighted by Crippen LogP contribution is -2.14. The second-order valence-electron chi connectivity index (χ2n) is 4.75. The number of halogens is 2. The first kappa shape index (κ1) is 14.5. The Kier molecular flexibility index (Phi) is 4.01. The Morgan fingerprint density at radius 3 is 2.63 bits per heavy atom. The van der Waals surface area contributed by atoms with Crippen molar-refractivity contribution in [2.75, 3.05) is 5.32 Å². The molecule has 1 aliphatic carbocycles. The summed E-state index contributed by atoms with van der Waals surface area (Å²) in [5.74, 6) is -0.821. The van der Waals surface area contributed by atoms with E-state index < -0.39 is 5.97 Å². The fourth-order valence-electron chi connectivity index (χ4n) is 1.86. The van der Waals surface area contributed by atoms with Gasteiger partial charge in [0.2, 0.25) is 5.91 Å². The number of aromatic carboxylic acids is 1. The molecule has 1 aliphatic rings. The Balaban J connectivity index is 2.01. The van der Waals surface area contributed by atoms with Gasteiger partial charge in [0.05, 0.1) is 8.80 Å². The SMILES string of the molecule is Cc1ccc(NC(=O)CC2CC2(Br)Br)cc1C(=O)O. The van der Waals surface area contributed by atoms with Crippen molar-refractivity contribution in [3.63, 3.8) is 0 Å². The van der Waals surface area contributed by atoms with Crippen LogP contribution in [-0.2, 0) is 4.79 Å². The van der Waals surface area contributed by atoms with Crippen LogP contribution in [-0.4, -0.2) is 20.2 Å². The number of alkyl halides is 2. The van der Waals surface area contributed by atoms with Crippen LogP contribution >= 0.6 is 31.9 Å². The number of aryl methyl sites for hydroxylation is 1. The zero-order chi connectivity index (χ0) is 14.2. The number of hydrogen-bond acceptors (Lipinski definition) is 2. The lowest BCUT2D eigenvalue weighted by atomic mass is 10.1. The van der Waals surface area contributed by atoms with E-state index >= 15 is 0 Å². The summed E-state index contributed by atoms with van der Waals surface area (Å²) in [5.41, 5.74) is 1.40. The number of carboxylic acids is 1. The fourth-order valence-corrected chi connectivity index (χ4v) is 2.96. The summed E-state index contributed by atoms with van der Waals surface area (Å²) in [6, 6.07) is 4.88. The van der Waals surface area contributed by atoms with Crippen LogP contribution in [0, 0.1) is 12.8 Å². The van der Waals surface area contributed by atoms with Gasteiger partial charge in [-0.15, -0.1) is 0 Å². The number of anilines is 1. The molecule has 0 saturated heterocycles. The molecule has 1 fully saturated rings. The van der Waals surface area contributed by atoms with Crippen LogP contribution in [0.4, 0.5) is 5.69 Å². The first-order chi connectivity index (χ1) is 8.79. The fraction of sp³-hybridized carbons (Fsp3) is 0.385. The number of rotatable bonds is 4. The van der Waals surface area contributed by atoms with Gasteiger partial charge >= 0.3 is 5.97 Å². The highest BCUT2D eigenvalue weighted by Gasteiger charge is 2.50. The van der Waals surface area contributed by atoms with Crippen molar-refractivity contribution >= 4 is 49.4 Å². The molecular weight excluding hydrogens is 378 g/mol. The summed E-state index contributed by atoms with van der Waals surface area (Å²) in [6.45, 7) is 1.73. The second-order valence-corrected chi connectivity index (χ2v) is 8.64. The number of benzene rings is 1. The molecule has 1 unspecified atom stereocenters. The van der Waals surface area contributed by atoms with E-state index in [-0.39, 0.29) is 20.6 Å². The van der Waals surface area contributed by atoms with Gasteiger partial charge < -0.3 is 10.4 Å². The Labute approximate surface area is 127 Å². The Bertz CT molecular complexity index is 543. The van der Waals surface area contributed by atoms with Crippen molar-refractivity contribution in [2.45, 2.75) is 23.0 Å². The molecule has 1 atom stereocenters.